The molecule has 1 aliphatic heterocycles. The average Bonchev–Trinajstić information content (AvgIpc) is 2.94. The molecule has 22 heavy (non-hydrogen) atoms. The van der Waals surface area contributed by atoms with Gasteiger partial charge < -0.3 is 15.1 Å². The average molecular weight is 388 g/mol. The molecule has 2 amide bonds. The van der Waals surface area contributed by atoms with Gasteiger partial charge in [-0.25, -0.2) is 0 Å². The third-order valence-electron chi connectivity index (χ3n) is 3.96. The zero-order valence-electron chi connectivity index (χ0n) is 13.0. The van der Waals surface area contributed by atoms with Crippen molar-refractivity contribution in [3.05, 3.63) is 20.8 Å². The molecule has 0 radical (unpaired) electrons. The first kappa shape index (κ1) is 17.4. The molecule has 1 aromatic heterocycles. The predicted molar refractivity (Wildman–Crippen MR) is 92.2 cm³/mol. The number of amides is 2. The van der Waals surface area contributed by atoms with Crippen molar-refractivity contribution < 1.29 is 9.59 Å². The number of thiophene rings is 1. The molecule has 2 heterocycles. The smallest absolute Gasteiger partial charge is 0.264 e. The molecule has 0 atom stereocenters. The van der Waals surface area contributed by atoms with E-state index in [-0.39, 0.29) is 18.4 Å². The topological polar surface area (TPSA) is 52.7 Å². The lowest BCUT2D eigenvalue weighted by atomic mass is 9.97. The van der Waals surface area contributed by atoms with E-state index in [4.69, 9.17) is 0 Å². The summed E-state index contributed by atoms with van der Waals surface area (Å²) in [6.45, 7) is 2.73. The first-order valence-corrected chi connectivity index (χ1v) is 9.05. The van der Waals surface area contributed by atoms with Crippen LogP contribution in [-0.4, -0.2) is 61.9 Å². The molecule has 0 saturated carbocycles. The van der Waals surface area contributed by atoms with Crippen LogP contribution in [0.2, 0.25) is 0 Å². The molecular weight excluding hydrogens is 366 g/mol. The van der Waals surface area contributed by atoms with Crippen molar-refractivity contribution in [2.24, 2.45) is 5.92 Å². The molecule has 7 heteroatoms. The number of halogens is 1. The summed E-state index contributed by atoms with van der Waals surface area (Å²) >= 11 is 4.73. The van der Waals surface area contributed by atoms with Crippen LogP contribution in [0.4, 0.5) is 0 Å². The molecule has 0 aliphatic carbocycles. The van der Waals surface area contributed by atoms with Crippen LogP contribution in [-0.2, 0) is 4.79 Å². The summed E-state index contributed by atoms with van der Waals surface area (Å²) < 4.78 is 0.919. The van der Waals surface area contributed by atoms with E-state index in [0.717, 1.165) is 36.3 Å². The molecule has 0 spiro atoms. The monoisotopic (exact) mass is 387 g/mol. The van der Waals surface area contributed by atoms with E-state index in [1.807, 2.05) is 18.0 Å². The van der Waals surface area contributed by atoms with Gasteiger partial charge in [-0.15, -0.1) is 11.3 Å². The molecule has 1 aromatic rings. The van der Waals surface area contributed by atoms with Gasteiger partial charge in [-0.2, -0.15) is 0 Å². The minimum absolute atomic E-state index is 0.0365. The lowest BCUT2D eigenvalue weighted by molar-refractivity contribution is -0.133. The SMILES string of the molecule is CNCC1CCN(C(=O)CN(C)C(=O)c2ccc(Br)s2)CC1. The van der Waals surface area contributed by atoms with Crippen molar-refractivity contribution in [1.82, 2.24) is 15.1 Å². The summed E-state index contributed by atoms with van der Waals surface area (Å²) in [4.78, 5) is 28.6. The molecule has 122 valence electrons. The fourth-order valence-corrected chi connectivity index (χ4v) is 4.05. The van der Waals surface area contributed by atoms with Gasteiger partial charge >= 0.3 is 0 Å². The number of nitrogens with zero attached hydrogens (tertiary/aromatic N) is 2. The Labute approximate surface area is 143 Å². The first-order chi connectivity index (χ1) is 10.5. The Balaban J connectivity index is 1.83. The zero-order valence-corrected chi connectivity index (χ0v) is 15.4. The normalized spacial score (nSPS) is 15.9. The molecule has 5 nitrogen and oxygen atoms in total. The number of likely N-dealkylation sites (tertiary alicyclic amines) is 1. The number of piperidine rings is 1. The molecule has 1 aliphatic rings. The van der Waals surface area contributed by atoms with Gasteiger partial charge in [-0.3, -0.25) is 9.59 Å². The number of carbonyl (C=O) groups excluding carboxylic acids is 2. The van der Waals surface area contributed by atoms with Crippen molar-refractivity contribution in [1.29, 1.82) is 0 Å². The van der Waals surface area contributed by atoms with Crippen LogP contribution in [0.1, 0.15) is 22.5 Å². The standard InChI is InChI=1S/C15H22BrN3O2S/c1-17-9-11-5-7-19(8-6-11)14(20)10-18(2)15(21)12-3-4-13(16)22-12/h3-4,11,17H,5-10H2,1-2H3. The molecule has 1 saturated heterocycles. The highest BCUT2D eigenvalue weighted by molar-refractivity contribution is 9.11. The van der Waals surface area contributed by atoms with Gasteiger partial charge in [0.25, 0.3) is 5.91 Å². The summed E-state index contributed by atoms with van der Waals surface area (Å²) in [6, 6.07) is 3.63. The largest absolute Gasteiger partial charge is 0.341 e. The fraction of sp³-hybridized carbons (Fsp3) is 0.600. The van der Waals surface area contributed by atoms with E-state index in [9.17, 15) is 9.59 Å². The lowest BCUT2D eigenvalue weighted by Crippen LogP contribution is -2.45. The number of hydrogen-bond donors (Lipinski definition) is 1. The van der Waals surface area contributed by atoms with Crippen LogP contribution in [0.3, 0.4) is 0 Å². The highest BCUT2D eigenvalue weighted by Crippen LogP contribution is 2.23. The molecule has 0 unspecified atom stereocenters. The first-order valence-electron chi connectivity index (χ1n) is 7.44. The molecule has 1 fully saturated rings. The van der Waals surface area contributed by atoms with E-state index in [2.05, 4.69) is 21.2 Å². The minimum Gasteiger partial charge on any atom is -0.341 e. The number of likely N-dealkylation sites (N-methyl/N-ethyl adjacent to an activating group) is 1. The maximum absolute atomic E-state index is 12.3. The summed E-state index contributed by atoms with van der Waals surface area (Å²) in [6.07, 6.45) is 2.06. The van der Waals surface area contributed by atoms with Gasteiger partial charge in [0.05, 0.1) is 15.2 Å². The van der Waals surface area contributed by atoms with Gasteiger partial charge in [-0.05, 0) is 60.4 Å². The number of rotatable bonds is 5. The summed E-state index contributed by atoms with van der Waals surface area (Å²) in [5.74, 6) is 0.584. The second kappa shape index (κ2) is 8.08. The van der Waals surface area contributed by atoms with Crippen LogP contribution < -0.4 is 5.32 Å². The van der Waals surface area contributed by atoms with E-state index in [1.165, 1.54) is 16.2 Å². The van der Waals surface area contributed by atoms with E-state index in [1.54, 1.807) is 13.1 Å². The zero-order chi connectivity index (χ0) is 16.1. The number of carbonyl (C=O) groups is 2. The second-order valence-corrected chi connectivity index (χ2v) is 8.11. The maximum Gasteiger partial charge on any atom is 0.264 e. The second-order valence-electron chi connectivity index (χ2n) is 5.65. The Kier molecular flexibility index (Phi) is 6.40. The molecule has 2 rings (SSSR count). The van der Waals surface area contributed by atoms with E-state index >= 15 is 0 Å². The van der Waals surface area contributed by atoms with Crippen LogP contribution in [0, 0.1) is 5.92 Å². The van der Waals surface area contributed by atoms with Crippen LogP contribution >= 0.6 is 27.3 Å². The van der Waals surface area contributed by atoms with Crippen molar-refractivity contribution in [2.75, 3.05) is 40.3 Å². The third-order valence-corrected chi connectivity index (χ3v) is 5.57. The van der Waals surface area contributed by atoms with Crippen LogP contribution in [0.5, 0.6) is 0 Å². The number of hydrogen-bond acceptors (Lipinski definition) is 4. The van der Waals surface area contributed by atoms with Crippen molar-refractivity contribution in [2.45, 2.75) is 12.8 Å². The summed E-state index contributed by atoms with van der Waals surface area (Å²) in [7, 11) is 3.64. The fourth-order valence-electron chi connectivity index (χ4n) is 2.67. The molecule has 0 bridgehead atoms. The van der Waals surface area contributed by atoms with Gasteiger partial charge in [0.2, 0.25) is 5.91 Å². The van der Waals surface area contributed by atoms with Gasteiger partial charge in [0.1, 0.15) is 0 Å². The molecule has 0 aromatic carbocycles. The van der Waals surface area contributed by atoms with E-state index in [0.29, 0.717) is 10.8 Å². The molecule has 1 N–H and O–H groups in total. The van der Waals surface area contributed by atoms with Gasteiger partial charge in [0.15, 0.2) is 0 Å². The van der Waals surface area contributed by atoms with Gasteiger partial charge in [0, 0.05) is 20.1 Å². The maximum atomic E-state index is 12.3. The Bertz CT molecular complexity index is 527. The van der Waals surface area contributed by atoms with Gasteiger partial charge in [-0.1, -0.05) is 0 Å². The molecular formula is C15H22BrN3O2S. The highest BCUT2D eigenvalue weighted by Gasteiger charge is 2.24. The minimum atomic E-state index is -0.103. The summed E-state index contributed by atoms with van der Waals surface area (Å²) in [5.41, 5.74) is 0. The lowest BCUT2D eigenvalue weighted by Gasteiger charge is -2.33. The van der Waals surface area contributed by atoms with E-state index < -0.39 is 0 Å². The Morgan fingerprint density at radius 3 is 2.64 bits per heavy atom. The highest BCUT2D eigenvalue weighted by atomic mass is 79.9. The van der Waals surface area contributed by atoms with Crippen molar-refractivity contribution in [3.63, 3.8) is 0 Å². The summed E-state index contributed by atoms with van der Waals surface area (Å²) in [5, 5.41) is 3.19. The van der Waals surface area contributed by atoms with Crippen LogP contribution in [0.25, 0.3) is 0 Å². The number of nitrogens with one attached hydrogen (secondary N) is 1. The van der Waals surface area contributed by atoms with Crippen molar-refractivity contribution >= 4 is 39.1 Å². The Morgan fingerprint density at radius 2 is 2.09 bits per heavy atom. The Hall–Kier alpha value is -0.920. The van der Waals surface area contributed by atoms with Crippen molar-refractivity contribution in [3.8, 4) is 0 Å². The van der Waals surface area contributed by atoms with Crippen LogP contribution in [0.15, 0.2) is 15.9 Å². The Morgan fingerprint density at radius 1 is 1.41 bits per heavy atom. The third kappa shape index (κ3) is 4.54. The quantitative estimate of drug-likeness (QED) is 0.840. The predicted octanol–water partition coefficient (Wildman–Crippen LogP) is 2.04.